The molecule has 0 N–H and O–H groups in total. The smallest absolute Gasteiger partial charge is 0.158 e. The summed E-state index contributed by atoms with van der Waals surface area (Å²) in [7, 11) is 0. The lowest BCUT2D eigenvalue weighted by Crippen LogP contribution is -2.22. The van der Waals surface area contributed by atoms with Crippen molar-refractivity contribution in [3.8, 4) is 0 Å². The van der Waals surface area contributed by atoms with Crippen molar-refractivity contribution in [1.82, 2.24) is 0 Å². The van der Waals surface area contributed by atoms with Crippen LogP contribution in [-0.2, 0) is 9.53 Å². The van der Waals surface area contributed by atoms with Crippen molar-refractivity contribution in [2.24, 2.45) is 0 Å². The Kier molecular flexibility index (Phi) is 5.64. The normalized spacial score (nSPS) is 13.1. The van der Waals surface area contributed by atoms with Crippen molar-refractivity contribution in [3.05, 3.63) is 0 Å². The molecule has 1 atom stereocenters. The van der Waals surface area contributed by atoms with Gasteiger partial charge in [-0.05, 0) is 20.3 Å². The van der Waals surface area contributed by atoms with Gasteiger partial charge in [0.05, 0.1) is 0 Å². The van der Waals surface area contributed by atoms with E-state index in [1.165, 1.54) is 6.92 Å². The van der Waals surface area contributed by atoms with Gasteiger partial charge in [-0.1, -0.05) is 0 Å². The van der Waals surface area contributed by atoms with Crippen LogP contribution in [0.25, 0.3) is 0 Å². The van der Waals surface area contributed by atoms with Crippen molar-refractivity contribution >= 4 is 17.4 Å². The summed E-state index contributed by atoms with van der Waals surface area (Å²) in [6.45, 7) is 3.96. The molecule has 0 aromatic rings. The molecule has 3 heteroatoms. The third-order valence-electron chi connectivity index (χ3n) is 1.19. The summed E-state index contributed by atoms with van der Waals surface area (Å²) >= 11 is 5.44. The summed E-state index contributed by atoms with van der Waals surface area (Å²) in [6.07, 6.45) is 0.326. The largest absolute Gasteiger partial charge is 0.371 e. The van der Waals surface area contributed by atoms with E-state index in [0.29, 0.717) is 18.9 Å². The van der Waals surface area contributed by atoms with Crippen LogP contribution in [0.3, 0.4) is 0 Å². The first kappa shape index (κ1) is 9.92. The van der Waals surface area contributed by atoms with E-state index in [1.807, 2.05) is 6.92 Å². The van der Waals surface area contributed by atoms with E-state index in [9.17, 15) is 4.79 Å². The number of ether oxygens (including phenoxy) is 1. The lowest BCUT2D eigenvalue weighted by atomic mass is 10.2. The van der Waals surface area contributed by atoms with Crippen molar-refractivity contribution in [1.29, 1.82) is 0 Å². The lowest BCUT2D eigenvalue weighted by Gasteiger charge is -2.10. The highest BCUT2D eigenvalue weighted by Crippen LogP contribution is 2.01. The first-order valence-electron chi connectivity index (χ1n) is 3.40. The average molecular weight is 165 g/mol. The van der Waals surface area contributed by atoms with E-state index in [2.05, 4.69) is 0 Å². The topological polar surface area (TPSA) is 26.3 Å². The van der Waals surface area contributed by atoms with Crippen molar-refractivity contribution in [3.63, 3.8) is 0 Å². The number of hydrogen-bond acceptors (Lipinski definition) is 2. The summed E-state index contributed by atoms with van der Waals surface area (Å²) in [5.74, 6) is 0.534. The van der Waals surface area contributed by atoms with Gasteiger partial charge < -0.3 is 4.74 Å². The molecule has 0 bridgehead atoms. The molecule has 0 radical (unpaired) electrons. The second-order valence-corrected chi connectivity index (χ2v) is 2.41. The molecule has 0 amide bonds. The number of ketones is 1. The Hall–Kier alpha value is -0.0800. The fourth-order valence-electron chi connectivity index (χ4n) is 0.704. The SMILES string of the molecule is CCOC(CCCl)C(C)=O. The van der Waals surface area contributed by atoms with Gasteiger partial charge in [-0.25, -0.2) is 0 Å². The number of carbonyl (C=O) groups is 1. The fraction of sp³-hybridized carbons (Fsp3) is 0.857. The molecule has 60 valence electrons. The van der Waals surface area contributed by atoms with Gasteiger partial charge in [0, 0.05) is 12.5 Å². The number of Topliss-reactive ketones (excluding diaryl/α,β-unsaturated/α-hetero) is 1. The Labute approximate surface area is 66.5 Å². The van der Waals surface area contributed by atoms with Crippen LogP contribution < -0.4 is 0 Å². The van der Waals surface area contributed by atoms with Crippen molar-refractivity contribution in [2.45, 2.75) is 26.4 Å². The minimum Gasteiger partial charge on any atom is -0.371 e. The maximum atomic E-state index is 10.7. The molecule has 0 aliphatic carbocycles. The fourth-order valence-corrected chi connectivity index (χ4v) is 0.902. The zero-order valence-electron chi connectivity index (χ0n) is 6.39. The molecule has 0 aromatic carbocycles. The van der Waals surface area contributed by atoms with Gasteiger partial charge in [0.1, 0.15) is 6.10 Å². The van der Waals surface area contributed by atoms with Gasteiger partial charge in [-0.2, -0.15) is 0 Å². The van der Waals surface area contributed by atoms with E-state index in [-0.39, 0.29) is 11.9 Å². The third kappa shape index (κ3) is 3.85. The van der Waals surface area contributed by atoms with E-state index < -0.39 is 0 Å². The minimum atomic E-state index is -0.289. The number of halogens is 1. The predicted molar refractivity (Wildman–Crippen MR) is 41.4 cm³/mol. The molecule has 1 unspecified atom stereocenters. The van der Waals surface area contributed by atoms with E-state index >= 15 is 0 Å². The van der Waals surface area contributed by atoms with Gasteiger partial charge in [0.2, 0.25) is 0 Å². The Balaban J connectivity index is 3.61. The summed E-state index contributed by atoms with van der Waals surface area (Å²) in [5, 5.41) is 0. The second kappa shape index (κ2) is 5.69. The zero-order valence-corrected chi connectivity index (χ0v) is 7.15. The Morgan fingerprint density at radius 3 is 2.60 bits per heavy atom. The predicted octanol–water partition coefficient (Wildman–Crippen LogP) is 1.61. The first-order chi connectivity index (χ1) is 4.72. The van der Waals surface area contributed by atoms with Crippen LogP contribution in [0.15, 0.2) is 0 Å². The average Bonchev–Trinajstić information content (AvgIpc) is 1.87. The first-order valence-corrected chi connectivity index (χ1v) is 3.93. The maximum absolute atomic E-state index is 10.7. The van der Waals surface area contributed by atoms with Crippen LogP contribution in [0.2, 0.25) is 0 Å². The third-order valence-corrected chi connectivity index (χ3v) is 1.41. The monoisotopic (exact) mass is 164 g/mol. The van der Waals surface area contributed by atoms with Crippen LogP contribution in [0.4, 0.5) is 0 Å². The van der Waals surface area contributed by atoms with Crippen LogP contribution >= 0.6 is 11.6 Å². The summed E-state index contributed by atoms with van der Waals surface area (Å²) in [5.41, 5.74) is 0. The molecule has 0 aromatic heterocycles. The van der Waals surface area contributed by atoms with Crippen LogP contribution in [0.1, 0.15) is 20.3 Å². The molecular formula is C7H13ClO2. The molecule has 0 aliphatic rings. The van der Waals surface area contributed by atoms with E-state index in [4.69, 9.17) is 16.3 Å². The molecule has 0 heterocycles. The van der Waals surface area contributed by atoms with Crippen molar-refractivity contribution in [2.75, 3.05) is 12.5 Å². The summed E-state index contributed by atoms with van der Waals surface area (Å²) in [4.78, 5) is 10.7. The highest BCUT2D eigenvalue weighted by molar-refractivity contribution is 6.18. The quantitative estimate of drug-likeness (QED) is 0.578. The minimum absolute atomic E-state index is 0.0579. The molecular weight excluding hydrogens is 152 g/mol. The number of hydrogen-bond donors (Lipinski definition) is 0. The van der Waals surface area contributed by atoms with E-state index in [1.54, 1.807) is 0 Å². The Morgan fingerprint density at radius 1 is 1.70 bits per heavy atom. The molecule has 0 saturated carbocycles. The van der Waals surface area contributed by atoms with Gasteiger partial charge in [-0.15, -0.1) is 11.6 Å². The standard InChI is InChI=1S/C7H13ClO2/c1-3-10-7(4-5-8)6(2)9/h7H,3-5H2,1-2H3. The lowest BCUT2D eigenvalue weighted by molar-refractivity contribution is -0.128. The highest BCUT2D eigenvalue weighted by Gasteiger charge is 2.11. The maximum Gasteiger partial charge on any atom is 0.158 e. The van der Waals surface area contributed by atoms with Crippen LogP contribution in [0, 0.1) is 0 Å². The molecule has 0 aliphatic heterocycles. The van der Waals surface area contributed by atoms with Crippen molar-refractivity contribution < 1.29 is 9.53 Å². The molecule has 0 saturated heterocycles. The zero-order chi connectivity index (χ0) is 7.98. The molecule has 0 spiro atoms. The van der Waals surface area contributed by atoms with Crippen LogP contribution in [0.5, 0.6) is 0 Å². The van der Waals surface area contributed by atoms with Gasteiger partial charge in [-0.3, -0.25) is 4.79 Å². The highest BCUT2D eigenvalue weighted by atomic mass is 35.5. The summed E-state index contributed by atoms with van der Waals surface area (Å²) < 4.78 is 5.11. The van der Waals surface area contributed by atoms with Gasteiger partial charge in [0.15, 0.2) is 5.78 Å². The number of rotatable bonds is 5. The van der Waals surface area contributed by atoms with E-state index in [0.717, 1.165) is 0 Å². The molecule has 0 rings (SSSR count). The number of alkyl halides is 1. The Morgan fingerprint density at radius 2 is 2.30 bits per heavy atom. The number of carbonyl (C=O) groups excluding carboxylic acids is 1. The Bertz CT molecular complexity index is 97.8. The molecule has 10 heavy (non-hydrogen) atoms. The molecule has 0 fully saturated rings. The molecule has 2 nitrogen and oxygen atoms in total. The van der Waals surface area contributed by atoms with Gasteiger partial charge in [0.25, 0.3) is 0 Å². The second-order valence-electron chi connectivity index (χ2n) is 2.03. The summed E-state index contributed by atoms with van der Waals surface area (Å²) in [6, 6.07) is 0. The van der Waals surface area contributed by atoms with Gasteiger partial charge >= 0.3 is 0 Å². The van der Waals surface area contributed by atoms with Crippen LogP contribution in [-0.4, -0.2) is 24.4 Å².